The summed E-state index contributed by atoms with van der Waals surface area (Å²) in [5.41, 5.74) is 0. The first-order valence-electron chi connectivity index (χ1n) is 6.50. The van der Waals surface area contributed by atoms with Crippen molar-refractivity contribution >= 4 is 21.6 Å². The molecule has 0 unspecified atom stereocenters. The highest BCUT2D eigenvalue weighted by molar-refractivity contribution is 7.89. The topological polar surface area (TPSA) is 46.6 Å². The molecule has 0 saturated heterocycles. The lowest BCUT2D eigenvalue weighted by molar-refractivity contribution is 0.287. The molecule has 0 fully saturated rings. The van der Waals surface area contributed by atoms with Crippen LogP contribution in [0, 0.1) is 5.82 Å². The Morgan fingerprint density at radius 2 is 1.86 bits per heavy atom. The minimum atomic E-state index is -3.73. The van der Waals surface area contributed by atoms with Gasteiger partial charge >= 0.3 is 0 Å². The van der Waals surface area contributed by atoms with Gasteiger partial charge in [0.25, 0.3) is 0 Å². The van der Waals surface area contributed by atoms with Crippen molar-refractivity contribution in [3.05, 3.63) is 59.4 Å². The van der Waals surface area contributed by atoms with Gasteiger partial charge in [0.05, 0.1) is 9.92 Å². The second-order valence-electron chi connectivity index (χ2n) is 4.56. The maximum atomic E-state index is 13.1. The zero-order valence-corrected chi connectivity index (χ0v) is 13.4. The number of nitrogens with zero attached hydrogens (tertiary/aromatic N) is 1. The van der Waals surface area contributed by atoms with Crippen LogP contribution in [0.4, 0.5) is 4.39 Å². The second kappa shape index (κ2) is 7.09. The fraction of sp³-hybridized carbons (Fsp3) is 0.200. The summed E-state index contributed by atoms with van der Waals surface area (Å²) >= 11 is 5.63. The summed E-state index contributed by atoms with van der Waals surface area (Å²) < 4.78 is 44.4. The molecule has 0 amide bonds. The summed E-state index contributed by atoms with van der Waals surface area (Å²) in [6.45, 7) is 0.362. The van der Waals surface area contributed by atoms with Gasteiger partial charge in [-0.2, -0.15) is 4.31 Å². The number of hydrogen-bond donors (Lipinski definition) is 0. The van der Waals surface area contributed by atoms with Crippen LogP contribution in [0.15, 0.2) is 53.4 Å². The van der Waals surface area contributed by atoms with Gasteiger partial charge in [0.2, 0.25) is 10.0 Å². The SMILES string of the molecule is CN(CCOc1ccccc1)S(=O)(=O)c1ccc(F)c(Cl)c1. The van der Waals surface area contributed by atoms with E-state index in [9.17, 15) is 12.8 Å². The molecule has 2 rings (SSSR count). The van der Waals surface area contributed by atoms with Gasteiger partial charge in [0, 0.05) is 13.6 Å². The molecule has 2 aromatic rings. The molecule has 0 spiro atoms. The van der Waals surface area contributed by atoms with Crippen molar-refractivity contribution in [3.8, 4) is 5.75 Å². The third kappa shape index (κ3) is 3.97. The van der Waals surface area contributed by atoms with Crippen molar-refractivity contribution in [1.82, 2.24) is 4.31 Å². The third-order valence-electron chi connectivity index (χ3n) is 3.02. The predicted octanol–water partition coefficient (Wildman–Crippen LogP) is 3.18. The van der Waals surface area contributed by atoms with E-state index in [1.807, 2.05) is 18.2 Å². The monoisotopic (exact) mass is 343 g/mol. The highest BCUT2D eigenvalue weighted by atomic mass is 35.5. The van der Waals surface area contributed by atoms with Crippen LogP contribution in [0.2, 0.25) is 5.02 Å². The molecule has 2 aromatic carbocycles. The minimum Gasteiger partial charge on any atom is -0.492 e. The van der Waals surface area contributed by atoms with Crippen LogP contribution < -0.4 is 4.74 Å². The average molecular weight is 344 g/mol. The molecule has 0 aliphatic carbocycles. The number of likely N-dealkylation sites (N-methyl/N-ethyl adjacent to an activating group) is 1. The molecule has 0 heterocycles. The predicted molar refractivity (Wildman–Crippen MR) is 83.2 cm³/mol. The quantitative estimate of drug-likeness (QED) is 0.809. The second-order valence-corrected chi connectivity index (χ2v) is 7.02. The molecule has 118 valence electrons. The first-order valence-corrected chi connectivity index (χ1v) is 8.32. The van der Waals surface area contributed by atoms with E-state index in [0.29, 0.717) is 5.75 Å². The van der Waals surface area contributed by atoms with Crippen LogP contribution in [0.25, 0.3) is 0 Å². The number of benzene rings is 2. The van der Waals surface area contributed by atoms with Gasteiger partial charge in [-0.05, 0) is 30.3 Å². The summed E-state index contributed by atoms with van der Waals surface area (Å²) in [7, 11) is -2.30. The molecule has 0 atom stereocenters. The zero-order valence-electron chi connectivity index (χ0n) is 11.9. The molecular formula is C15H15ClFNO3S. The lowest BCUT2D eigenvalue weighted by Gasteiger charge is -2.17. The molecule has 0 N–H and O–H groups in total. The molecule has 0 radical (unpaired) electrons. The Balaban J connectivity index is 2.01. The van der Waals surface area contributed by atoms with Gasteiger partial charge in [-0.3, -0.25) is 0 Å². The van der Waals surface area contributed by atoms with Crippen LogP contribution >= 0.6 is 11.6 Å². The van der Waals surface area contributed by atoms with E-state index in [0.717, 1.165) is 16.4 Å². The Labute approximate surface area is 134 Å². The van der Waals surface area contributed by atoms with E-state index in [1.165, 1.54) is 13.1 Å². The van der Waals surface area contributed by atoms with E-state index in [4.69, 9.17) is 16.3 Å². The zero-order chi connectivity index (χ0) is 16.2. The van der Waals surface area contributed by atoms with E-state index in [1.54, 1.807) is 12.1 Å². The third-order valence-corrected chi connectivity index (χ3v) is 5.16. The highest BCUT2D eigenvalue weighted by Gasteiger charge is 2.21. The van der Waals surface area contributed by atoms with Crippen LogP contribution in [-0.2, 0) is 10.0 Å². The lowest BCUT2D eigenvalue weighted by atomic mass is 10.3. The first-order chi connectivity index (χ1) is 10.4. The molecule has 7 heteroatoms. The molecule has 0 aromatic heterocycles. The van der Waals surface area contributed by atoms with Gasteiger partial charge in [-0.25, -0.2) is 12.8 Å². The molecule has 22 heavy (non-hydrogen) atoms. The van der Waals surface area contributed by atoms with Crippen molar-refractivity contribution < 1.29 is 17.5 Å². The number of para-hydroxylation sites is 1. The summed E-state index contributed by atoms with van der Waals surface area (Å²) in [5, 5.41) is -0.227. The number of ether oxygens (including phenoxy) is 1. The first kappa shape index (κ1) is 16.7. The molecule has 0 aliphatic heterocycles. The number of halogens is 2. The maximum Gasteiger partial charge on any atom is 0.242 e. The summed E-state index contributed by atoms with van der Waals surface area (Å²) in [6.07, 6.45) is 0. The van der Waals surface area contributed by atoms with Gasteiger partial charge in [0.15, 0.2) is 0 Å². The van der Waals surface area contributed by atoms with Crippen molar-refractivity contribution in [1.29, 1.82) is 0 Å². The van der Waals surface area contributed by atoms with Gasteiger partial charge in [-0.1, -0.05) is 29.8 Å². The number of sulfonamides is 1. The van der Waals surface area contributed by atoms with Crippen molar-refractivity contribution in [3.63, 3.8) is 0 Å². The highest BCUT2D eigenvalue weighted by Crippen LogP contribution is 2.21. The summed E-state index contributed by atoms with van der Waals surface area (Å²) in [5.74, 6) is 0.00815. The van der Waals surface area contributed by atoms with Crippen molar-refractivity contribution in [2.75, 3.05) is 20.2 Å². The Morgan fingerprint density at radius 3 is 2.50 bits per heavy atom. The molecule has 4 nitrogen and oxygen atoms in total. The van der Waals surface area contributed by atoms with Crippen LogP contribution in [0.3, 0.4) is 0 Å². The fourth-order valence-electron chi connectivity index (χ4n) is 1.75. The Hall–Kier alpha value is -1.63. The van der Waals surface area contributed by atoms with E-state index < -0.39 is 15.8 Å². The molecule has 0 saturated carbocycles. The summed E-state index contributed by atoms with van der Waals surface area (Å²) in [6, 6.07) is 12.4. The molecule has 0 bridgehead atoms. The van der Waals surface area contributed by atoms with Crippen LogP contribution in [0.1, 0.15) is 0 Å². The number of hydrogen-bond acceptors (Lipinski definition) is 3. The standard InChI is InChI=1S/C15H15ClFNO3S/c1-18(9-10-21-12-5-3-2-4-6-12)22(19,20)13-7-8-15(17)14(16)11-13/h2-8,11H,9-10H2,1H3. The molecule has 0 aliphatic rings. The fourth-order valence-corrected chi connectivity index (χ4v) is 3.17. The van der Waals surface area contributed by atoms with Crippen LogP contribution in [0.5, 0.6) is 5.75 Å². The normalized spacial score (nSPS) is 11.6. The van der Waals surface area contributed by atoms with Gasteiger partial charge in [-0.15, -0.1) is 0 Å². The Kier molecular flexibility index (Phi) is 5.39. The van der Waals surface area contributed by atoms with Crippen molar-refractivity contribution in [2.24, 2.45) is 0 Å². The average Bonchev–Trinajstić information content (AvgIpc) is 2.50. The van der Waals surface area contributed by atoms with E-state index in [2.05, 4.69) is 0 Å². The van der Waals surface area contributed by atoms with E-state index >= 15 is 0 Å². The minimum absolute atomic E-state index is 0.0545. The Bertz CT molecular complexity index is 738. The van der Waals surface area contributed by atoms with Crippen LogP contribution in [-0.4, -0.2) is 32.9 Å². The Morgan fingerprint density at radius 1 is 1.18 bits per heavy atom. The molecular weight excluding hydrogens is 329 g/mol. The largest absolute Gasteiger partial charge is 0.492 e. The number of rotatable bonds is 6. The maximum absolute atomic E-state index is 13.1. The summed E-state index contributed by atoms with van der Waals surface area (Å²) in [4.78, 5) is -0.0545. The van der Waals surface area contributed by atoms with Crippen molar-refractivity contribution in [2.45, 2.75) is 4.90 Å². The van der Waals surface area contributed by atoms with Gasteiger partial charge in [0.1, 0.15) is 18.2 Å². The lowest BCUT2D eigenvalue weighted by Crippen LogP contribution is -2.31. The van der Waals surface area contributed by atoms with Gasteiger partial charge < -0.3 is 4.74 Å². The van der Waals surface area contributed by atoms with E-state index in [-0.39, 0.29) is 23.1 Å². The smallest absolute Gasteiger partial charge is 0.242 e.